The van der Waals surface area contributed by atoms with Gasteiger partial charge in [0, 0.05) is 24.4 Å². The highest BCUT2D eigenvalue weighted by atomic mass is 32.2. The third kappa shape index (κ3) is 3.29. The van der Waals surface area contributed by atoms with Gasteiger partial charge >= 0.3 is 0 Å². The molecule has 0 aliphatic carbocycles. The quantitative estimate of drug-likeness (QED) is 0.767. The number of aromatic nitrogens is 2. The number of carbonyl (C=O) groups is 1. The third-order valence-electron chi connectivity index (χ3n) is 3.71. The van der Waals surface area contributed by atoms with E-state index in [9.17, 15) is 18.0 Å². The van der Waals surface area contributed by atoms with E-state index in [1.54, 1.807) is 24.3 Å². The first-order chi connectivity index (χ1) is 11.8. The Balaban J connectivity index is 1.98. The lowest BCUT2D eigenvalue weighted by molar-refractivity contribution is 0.102. The highest BCUT2D eigenvalue weighted by Crippen LogP contribution is 2.17. The lowest BCUT2D eigenvalue weighted by Gasteiger charge is -2.09. The van der Waals surface area contributed by atoms with Gasteiger partial charge in [0.15, 0.2) is 15.5 Å². The number of benzene rings is 2. The Morgan fingerprint density at radius 1 is 1.04 bits per heavy atom. The van der Waals surface area contributed by atoms with Gasteiger partial charge in [-0.15, -0.1) is 0 Å². The van der Waals surface area contributed by atoms with Crippen molar-refractivity contribution in [1.29, 1.82) is 0 Å². The van der Waals surface area contributed by atoms with Crippen LogP contribution in [0.4, 0.5) is 5.69 Å². The SMILES string of the molecule is Cn1nc(C(=O)Nc2ccc(S(C)(=O)=O)cc2)c2ccccc2c1=O. The molecule has 0 aliphatic heterocycles. The van der Waals surface area contributed by atoms with Gasteiger partial charge in [-0.2, -0.15) is 5.10 Å². The number of rotatable bonds is 3. The molecule has 0 saturated heterocycles. The van der Waals surface area contributed by atoms with Crippen molar-refractivity contribution in [3.8, 4) is 0 Å². The highest BCUT2D eigenvalue weighted by molar-refractivity contribution is 7.90. The second-order valence-corrected chi connectivity index (χ2v) is 7.59. The highest BCUT2D eigenvalue weighted by Gasteiger charge is 2.16. The standard InChI is InChI=1S/C17H15N3O4S/c1-20-17(22)14-6-4-3-5-13(14)15(19-20)16(21)18-11-7-9-12(10-8-11)25(2,23)24/h3-10H,1-2H3,(H,18,21). The number of fused-ring (bicyclic) bond motifs is 1. The van der Waals surface area contributed by atoms with Gasteiger partial charge in [-0.1, -0.05) is 18.2 Å². The molecule has 0 atom stereocenters. The van der Waals surface area contributed by atoms with Gasteiger partial charge in [0.1, 0.15) is 0 Å². The molecule has 1 N–H and O–H groups in total. The fourth-order valence-corrected chi connectivity index (χ4v) is 3.07. The number of amides is 1. The minimum Gasteiger partial charge on any atom is -0.321 e. The number of hydrogen-bond donors (Lipinski definition) is 1. The molecule has 25 heavy (non-hydrogen) atoms. The Hall–Kier alpha value is -3.00. The van der Waals surface area contributed by atoms with Gasteiger partial charge < -0.3 is 5.32 Å². The van der Waals surface area contributed by atoms with Crippen LogP contribution in [0.5, 0.6) is 0 Å². The topological polar surface area (TPSA) is 98.1 Å². The molecular formula is C17H15N3O4S. The summed E-state index contributed by atoms with van der Waals surface area (Å²) in [5.41, 5.74) is 0.256. The Morgan fingerprint density at radius 2 is 1.64 bits per heavy atom. The molecule has 1 heterocycles. The largest absolute Gasteiger partial charge is 0.321 e. The molecule has 0 fully saturated rings. The van der Waals surface area contributed by atoms with Crippen LogP contribution in [0.15, 0.2) is 58.2 Å². The monoisotopic (exact) mass is 357 g/mol. The maximum Gasteiger partial charge on any atom is 0.276 e. The first-order valence-electron chi connectivity index (χ1n) is 7.35. The molecule has 3 aromatic rings. The number of nitrogens with zero attached hydrogens (tertiary/aromatic N) is 2. The van der Waals surface area contributed by atoms with Gasteiger partial charge in [-0.05, 0) is 30.3 Å². The van der Waals surface area contributed by atoms with Gasteiger partial charge in [0.05, 0.1) is 10.3 Å². The molecule has 7 nitrogen and oxygen atoms in total. The Bertz CT molecular complexity index is 1130. The van der Waals surface area contributed by atoms with Crippen molar-refractivity contribution in [2.75, 3.05) is 11.6 Å². The minimum absolute atomic E-state index is 0.116. The number of anilines is 1. The molecule has 1 aromatic heterocycles. The molecule has 0 bridgehead atoms. The van der Waals surface area contributed by atoms with Crippen LogP contribution in [0.1, 0.15) is 10.5 Å². The van der Waals surface area contributed by atoms with Crippen molar-refractivity contribution in [3.63, 3.8) is 0 Å². The van der Waals surface area contributed by atoms with E-state index in [4.69, 9.17) is 0 Å². The van der Waals surface area contributed by atoms with Crippen molar-refractivity contribution in [2.24, 2.45) is 7.05 Å². The van der Waals surface area contributed by atoms with E-state index in [2.05, 4.69) is 10.4 Å². The van der Waals surface area contributed by atoms with Gasteiger partial charge in [0.2, 0.25) is 0 Å². The van der Waals surface area contributed by atoms with E-state index in [1.807, 2.05) is 0 Å². The molecule has 0 radical (unpaired) electrons. The smallest absolute Gasteiger partial charge is 0.276 e. The van der Waals surface area contributed by atoms with Crippen LogP contribution in [0, 0.1) is 0 Å². The Kier molecular flexibility index (Phi) is 4.13. The Labute approximate surface area is 143 Å². The van der Waals surface area contributed by atoms with E-state index in [0.717, 1.165) is 10.9 Å². The van der Waals surface area contributed by atoms with Crippen LogP contribution in [0.3, 0.4) is 0 Å². The molecular weight excluding hydrogens is 342 g/mol. The lowest BCUT2D eigenvalue weighted by atomic mass is 10.1. The molecule has 0 spiro atoms. The minimum atomic E-state index is -3.30. The molecule has 128 valence electrons. The van der Waals surface area contributed by atoms with E-state index < -0.39 is 15.7 Å². The predicted molar refractivity (Wildman–Crippen MR) is 94.5 cm³/mol. The summed E-state index contributed by atoms with van der Waals surface area (Å²) in [6, 6.07) is 12.6. The summed E-state index contributed by atoms with van der Waals surface area (Å²) in [4.78, 5) is 24.8. The second kappa shape index (κ2) is 6.14. The van der Waals surface area contributed by atoms with Crippen molar-refractivity contribution in [3.05, 3.63) is 64.6 Å². The summed E-state index contributed by atoms with van der Waals surface area (Å²) in [5, 5.41) is 7.57. The van der Waals surface area contributed by atoms with Crippen LogP contribution < -0.4 is 10.9 Å². The van der Waals surface area contributed by atoms with Crippen LogP contribution >= 0.6 is 0 Å². The van der Waals surface area contributed by atoms with E-state index in [1.165, 1.54) is 31.3 Å². The summed E-state index contributed by atoms with van der Waals surface area (Å²) < 4.78 is 24.1. The average Bonchev–Trinajstić information content (AvgIpc) is 2.57. The van der Waals surface area contributed by atoms with Crippen LogP contribution in [0.25, 0.3) is 10.8 Å². The van der Waals surface area contributed by atoms with Crippen LogP contribution in [-0.4, -0.2) is 30.4 Å². The van der Waals surface area contributed by atoms with Crippen molar-refractivity contribution < 1.29 is 13.2 Å². The fraction of sp³-hybridized carbons (Fsp3) is 0.118. The predicted octanol–water partition coefficient (Wildman–Crippen LogP) is 1.59. The number of hydrogen-bond acceptors (Lipinski definition) is 5. The third-order valence-corrected chi connectivity index (χ3v) is 4.84. The number of carbonyl (C=O) groups excluding carboxylic acids is 1. The second-order valence-electron chi connectivity index (χ2n) is 5.57. The molecule has 8 heteroatoms. The maximum atomic E-state index is 12.6. The molecule has 2 aromatic carbocycles. The summed E-state index contributed by atoms with van der Waals surface area (Å²) >= 11 is 0. The first-order valence-corrected chi connectivity index (χ1v) is 9.24. The van der Waals surface area contributed by atoms with Crippen molar-refractivity contribution in [2.45, 2.75) is 4.90 Å². The molecule has 0 saturated carbocycles. The summed E-state index contributed by atoms with van der Waals surface area (Å²) in [5.74, 6) is -0.487. The normalized spacial score (nSPS) is 11.4. The average molecular weight is 357 g/mol. The first kappa shape index (κ1) is 16.8. The summed E-state index contributed by atoms with van der Waals surface area (Å²) in [6.45, 7) is 0. The zero-order valence-electron chi connectivity index (χ0n) is 13.6. The fourth-order valence-electron chi connectivity index (χ4n) is 2.44. The number of nitrogens with one attached hydrogen (secondary N) is 1. The zero-order valence-corrected chi connectivity index (χ0v) is 14.4. The Morgan fingerprint density at radius 3 is 2.24 bits per heavy atom. The number of sulfone groups is 1. The molecule has 0 unspecified atom stereocenters. The van der Waals surface area contributed by atoms with Crippen molar-refractivity contribution >= 4 is 32.2 Å². The van der Waals surface area contributed by atoms with E-state index >= 15 is 0 Å². The number of aryl methyl sites for hydroxylation is 1. The molecule has 0 aliphatic rings. The molecule has 3 rings (SSSR count). The zero-order chi connectivity index (χ0) is 18.2. The summed E-state index contributed by atoms with van der Waals surface area (Å²) in [7, 11) is -1.82. The van der Waals surface area contributed by atoms with Crippen molar-refractivity contribution in [1.82, 2.24) is 9.78 Å². The van der Waals surface area contributed by atoms with Crippen LogP contribution in [0.2, 0.25) is 0 Å². The van der Waals surface area contributed by atoms with Gasteiger partial charge in [-0.3, -0.25) is 9.59 Å². The van der Waals surface area contributed by atoms with Crippen LogP contribution in [-0.2, 0) is 16.9 Å². The van der Waals surface area contributed by atoms with E-state index in [0.29, 0.717) is 16.5 Å². The molecule has 1 amide bonds. The van der Waals surface area contributed by atoms with E-state index in [-0.39, 0.29) is 16.1 Å². The lowest BCUT2D eigenvalue weighted by Crippen LogP contribution is -2.25. The van der Waals surface area contributed by atoms with Gasteiger partial charge in [-0.25, -0.2) is 13.1 Å². The van der Waals surface area contributed by atoms with Gasteiger partial charge in [0.25, 0.3) is 11.5 Å². The summed E-state index contributed by atoms with van der Waals surface area (Å²) in [6.07, 6.45) is 1.11. The maximum absolute atomic E-state index is 12.6.